The lowest BCUT2D eigenvalue weighted by molar-refractivity contribution is -0.134. The first-order valence-corrected chi connectivity index (χ1v) is 9.07. The predicted octanol–water partition coefficient (Wildman–Crippen LogP) is 0.703. The van der Waals surface area contributed by atoms with Gasteiger partial charge in [-0.1, -0.05) is 0 Å². The Kier molecular flexibility index (Phi) is 5.72. The summed E-state index contributed by atoms with van der Waals surface area (Å²) >= 11 is 0. The van der Waals surface area contributed by atoms with E-state index in [2.05, 4.69) is 10.0 Å². The number of hydrogen-bond acceptors (Lipinski definition) is 4. The van der Waals surface area contributed by atoms with Crippen LogP contribution in [0.2, 0.25) is 0 Å². The van der Waals surface area contributed by atoms with Gasteiger partial charge < -0.3 is 10.2 Å². The van der Waals surface area contributed by atoms with Crippen molar-refractivity contribution in [2.45, 2.75) is 37.2 Å². The third kappa shape index (κ3) is 4.49. The first-order chi connectivity index (χ1) is 10.8. The third-order valence-electron chi connectivity index (χ3n) is 4.11. The van der Waals surface area contributed by atoms with Gasteiger partial charge in [0.05, 0.1) is 4.90 Å². The number of nitrogens with one attached hydrogen (secondary N) is 2. The molecule has 2 N–H and O–H groups in total. The topological polar surface area (TPSA) is 78.5 Å². The number of piperazine rings is 1. The molecule has 128 valence electrons. The van der Waals surface area contributed by atoms with Crippen molar-refractivity contribution in [3.63, 3.8) is 0 Å². The summed E-state index contributed by atoms with van der Waals surface area (Å²) in [7, 11) is -3.73. The predicted molar refractivity (Wildman–Crippen MR) is 84.8 cm³/mol. The highest BCUT2D eigenvalue weighted by atomic mass is 32.2. The Hall–Kier alpha value is -1.51. The molecular formula is C15H22FN3O3S. The van der Waals surface area contributed by atoms with Gasteiger partial charge >= 0.3 is 0 Å². The molecule has 2 rings (SSSR count). The van der Waals surface area contributed by atoms with Gasteiger partial charge in [0.15, 0.2) is 0 Å². The number of halogens is 1. The largest absolute Gasteiger partial charge is 0.337 e. The molecule has 2 unspecified atom stereocenters. The Morgan fingerprint density at radius 2 is 2.00 bits per heavy atom. The van der Waals surface area contributed by atoms with E-state index in [0.29, 0.717) is 6.54 Å². The zero-order valence-corrected chi connectivity index (χ0v) is 14.1. The van der Waals surface area contributed by atoms with E-state index in [1.807, 2.05) is 13.8 Å². The molecule has 0 aromatic heterocycles. The van der Waals surface area contributed by atoms with E-state index in [0.717, 1.165) is 18.7 Å². The van der Waals surface area contributed by atoms with Gasteiger partial charge in [-0.05, 0) is 38.1 Å². The van der Waals surface area contributed by atoms with Crippen LogP contribution in [0.15, 0.2) is 29.2 Å². The minimum Gasteiger partial charge on any atom is -0.337 e. The number of rotatable bonds is 5. The molecule has 1 aromatic rings. The number of carbonyl (C=O) groups is 1. The number of nitrogens with zero attached hydrogens (tertiary/aromatic N) is 1. The molecular weight excluding hydrogens is 321 g/mol. The summed E-state index contributed by atoms with van der Waals surface area (Å²) in [4.78, 5) is 14.0. The summed E-state index contributed by atoms with van der Waals surface area (Å²) in [6.07, 6.45) is 0.0947. The van der Waals surface area contributed by atoms with E-state index < -0.39 is 15.8 Å². The van der Waals surface area contributed by atoms with Gasteiger partial charge in [-0.25, -0.2) is 17.5 Å². The zero-order chi connectivity index (χ0) is 17.0. The van der Waals surface area contributed by atoms with Crippen LogP contribution in [0.3, 0.4) is 0 Å². The quantitative estimate of drug-likeness (QED) is 0.825. The SMILES string of the molecule is CC1NCCN(C(=O)CCNS(=O)(=O)c2ccc(F)cc2)C1C. The molecule has 1 fully saturated rings. The zero-order valence-electron chi connectivity index (χ0n) is 13.3. The molecule has 0 aliphatic carbocycles. The second-order valence-corrected chi connectivity index (χ2v) is 7.44. The number of hydrogen-bond donors (Lipinski definition) is 2. The fourth-order valence-electron chi connectivity index (χ4n) is 2.54. The molecule has 23 heavy (non-hydrogen) atoms. The summed E-state index contributed by atoms with van der Waals surface area (Å²) in [5.41, 5.74) is 0. The Bertz CT molecular complexity index is 648. The molecule has 8 heteroatoms. The van der Waals surface area contributed by atoms with Crippen LogP contribution in [0.25, 0.3) is 0 Å². The molecule has 1 aliphatic heterocycles. The Morgan fingerprint density at radius 1 is 1.35 bits per heavy atom. The van der Waals surface area contributed by atoms with Crippen LogP contribution in [0, 0.1) is 5.82 Å². The second kappa shape index (κ2) is 7.37. The number of carbonyl (C=O) groups excluding carboxylic acids is 1. The monoisotopic (exact) mass is 343 g/mol. The van der Waals surface area contributed by atoms with E-state index >= 15 is 0 Å². The molecule has 0 radical (unpaired) electrons. The van der Waals surface area contributed by atoms with Crippen LogP contribution in [0.5, 0.6) is 0 Å². The van der Waals surface area contributed by atoms with Crippen molar-refractivity contribution in [3.8, 4) is 0 Å². The van der Waals surface area contributed by atoms with Crippen LogP contribution in [-0.4, -0.2) is 50.9 Å². The van der Waals surface area contributed by atoms with Crippen molar-refractivity contribution in [1.82, 2.24) is 14.9 Å². The molecule has 1 amide bonds. The van der Waals surface area contributed by atoms with Gasteiger partial charge in [-0.2, -0.15) is 0 Å². The van der Waals surface area contributed by atoms with Crippen molar-refractivity contribution in [1.29, 1.82) is 0 Å². The van der Waals surface area contributed by atoms with Gasteiger partial charge in [0.25, 0.3) is 0 Å². The van der Waals surface area contributed by atoms with E-state index in [4.69, 9.17) is 0 Å². The lowest BCUT2D eigenvalue weighted by Gasteiger charge is -2.38. The fraction of sp³-hybridized carbons (Fsp3) is 0.533. The first-order valence-electron chi connectivity index (χ1n) is 7.59. The lowest BCUT2D eigenvalue weighted by Crippen LogP contribution is -2.57. The highest BCUT2D eigenvalue weighted by molar-refractivity contribution is 7.89. The van der Waals surface area contributed by atoms with E-state index in [1.54, 1.807) is 4.90 Å². The molecule has 1 saturated heterocycles. The molecule has 0 bridgehead atoms. The Labute approximate surface area is 136 Å². The minimum absolute atomic E-state index is 0.0174. The standard InChI is InChI=1S/C15H22FN3O3S/c1-11-12(2)19(10-9-17-11)15(20)7-8-18-23(21,22)14-5-3-13(16)4-6-14/h3-6,11-12,17-18H,7-10H2,1-2H3. The van der Waals surface area contributed by atoms with Gasteiger partial charge in [0.1, 0.15) is 5.82 Å². The molecule has 0 spiro atoms. The lowest BCUT2D eigenvalue weighted by atomic mass is 10.1. The van der Waals surface area contributed by atoms with Crippen molar-refractivity contribution in [2.24, 2.45) is 0 Å². The van der Waals surface area contributed by atoms with Crippen LogP contribution >= 0.6 is 0 Å². The van der Waals surface area contributed by atoms with Crippen LogP contribution < -0.4 is 10.0 Å². The number of benzene rings is 1. The first kappa shape index (κ1) is 17.8. The van der Waals surface area contributed by atoms with Crippen molar-refractivity contribution in [3.05, 3.63) is 30.1 Å². The van der Waals surface area contributed by atoms with Crippen LogP contribution in [0.1, 0.15) is 20.3 Å². The highest BCUT2D eigenvalue weighted by Crippen LogP contribution is 2.12. The van der Waals surface area contributed by atoms with E-state index in [-0.39, 0.29) is 35.9 Å². The summed E-state index contributed by atoms with van der Waals surface area (Å²) < 4.78 is 39.3. The Morgan fingerprint density at radius 3 is 2.65 bits per heavy atom. The van der Waals surface area contributed by atoms with Gasteiger partial charge in [0, 0.05) is 38.1 Å². The van der Waals surface area contributed by atoms with Gasteiger partial charge in [-0.15, -0.1) is 0 Å². The fourth-order valence-corrected chi connectivity index (χ4v) is 3.57. The molecule has 0 saturated carbocycles. The second-order valence-electron chi connectivity index (χ2n) is 5.67. The molecule has 1 heterocycles. The van der Waals surface area contributed by atoms with E-state index in [1.165, 1.54) is 12.1 Å². The minimum atomic E-state index is -3.73. The maximum Gasteiger partial charge on any atom is 0.240 e. The van der Waals surface area contributed by atoms with Crippen LogP contribution in [-0.2, 0) is 14.8 Å². The highest BCUT2D eigenvalue weighted by Gasteiger charge is 2.27. The molecule has 1 aromatic carbocycles. The number of sulfonamides is 1. The summed E-state index contributed by atoms with van der Waals surface area (Å²) in [5, 5.41) is 3.29. The maximum absolute atomic E-state index is 12.8. The van der Waals surface area contributed by atoms with Crippen molar-refractivity contribution in [2.75, 3.05) is 19.6 Å². The molecule has 1 aliphatic rings. The normalized spacial score (nSPS) is 22.1. The number of amides is 1. The van der Waals surface area contributed by atoms with Gasteiger partial charge in [-0.3, -0.25) is 4.79 Å². The van der Waals surface area contributed by atoms with Crippen molar-refractivity contribution < 1.29 is 17.6 Å². The molecule has 6 nitrogen and oxygen atoms in total. The Balaban J connectivity index is 1.88. The summed E-state index contributed by atoms with van der Waals surface area (Å²) in [6, 6.07) is 4.85. The van der Waals surface area contributed by atoms with E-state index in [9.17, 15) is 17.6 Å². The summed E-state index contributed by atoms with van der Waals surface area (Å²) in [5.74, 6) is -0.575. The molecule has 2 atom stereocenters. The van der Waals surface area contributed by atoms with Gasteiger partial charge in [0.2, 0.25) is 15.9 Å². The smallest absolute Gasteiger partial charge is 0.240 e. The maximum atomic E-state index is 12.8. The van der Waals surface area contributed by atoms with Crippen LogP contribution in [0.4, 0.5) is 4.39 Å². The summed E-state index contributed by atoms with van der Waals surface area (Å²) in [6.45, 7) is 5.36. The third-order valence-corrected chi connectivity index (χ3v) is 5.59. The van der Waals surface area contributed by atoms with Crippen molar-refractivity contribution >= 4 is 15.9 Å². The average molecular weight is 343 g/mol. The average Bonchev–Trinajstić information content (AvgIpc) is 2.50.